The summed E-state index contributed by atoms with van der Waals surface area (Å²) in [5, 5.41) is 10.7. The van der Waals surface area contributed by atoms with Crippen LogP contribution in [0.4, 0.5) is 11.6 Å². The number of benzene rings is 2. The Morgan fingerprint density at radius 1 is 1.00 bits per heavy atom. The van der Waals surface area contributed by atoms with Gasteiger partial charge in [0.1, 0.15) is 0 Å². The molecule has 0 aliphatic carbocycles. The molecule has 1 heterocycles. The molecule has 3 aromatic rings. The lowest BCUT2D eigenvalue weighted by Crippen LogP contribution is -2.39. The lowest BCUT2D eigenvalue weighted by Gasteiger charge is -2.16. The normalized spacial score (nSPS) is 11.2. The molecular formula is C24H27ClN6S. The van der Waals surface area contributed by atoms with Crippen molar-refractivity contribution in [2.45, 2.75) is 33.6 Å². The third kappa shape index (κ3) is 7.28. The van der Waals surface area contributed by atoms with Crippen LogP contribution in [0, 0.1) is 13.8 Å². The van der Waals surface area contributed by atoms with Gasteiger partial charge in [0.2, 0.25) is 11.9 Å². The zero-order valence-corrected chi connectivity index (χ0v) is 20.0. The van der Waals surface area contributed by atoms with Gasteiger partial charge in [-0.1, -0.05) is 48.9 Å². The Morgan fingerprint density at radius 2 is 1.69 bits per heavy atom. The van der Waals surface area contributed by atoms with Gasteiger partial charge in [0.05, 0.1) is 0 Å². The Morgan fingerprint density at radius 3 is 2.38 bits per heavy atom. The average Bonchev–Trinajstić information content (AvgIpc) is 2.74. The van der Waals surface area contributed by atoms with Crippen LogP contribution < -0.4 is 16.0 Å². The van der Waals surface area contributed by atoms with Crippen molar-refractivity contribution in [3.63, 3.8) is 0 Å². The van der Waals surface area contributed by atoms with Gasteiger partial charge in [-0.05, 0) is 74.3 Å². The SMILES string of the molecule is CCc1ccccc1NC(=S)NC(=NCCc1ccc(Cl)cc1)Nc1nc(C)cc(C)n1. The highest BCUT2D eigenvalue weighted by Gasteiger charge is 2.08. The molecule has 0 saturated heterocycles. The van der Waals surface area contributed by atoms with E-state index in [9.17, 15) is 0 Å². The van der Waals surface area contributed by atoms with Gasteiger partial charge in [0, 0.05) is 28.6 Å². The number of hydrogen-bond acceptors (Lipinski definition) is 4. The van der Waals surface area contributed by atoms with Crippen LogP contribution in [0.2, 0.25) is 5.02 Å². The maximum Gasteiger partial charge on any atom is 0.229 e. The van der Waals surface area contributed by atoms with E-state index >= 15 is 0 Å². The van der Waals surface area contributed by atoms with Crippen LogP contribution in [-0.4, -0.2) is 27.6 Å². The number of para-hydroxylation sites is 1. The summed E-state index contributed by atoms with van der Waals surface area (Å²) in [7, 11) is 0. The molecule has 3 N–H and O–H groups in total. The minimum absolute atomic E-state index is 0.438. The van der Waals surface area contributed by atoms with Crippen LogP contribution in [0.1, 0.15) is 29.4 Å². The molecule has 0 bridgehead atoms. The van der Waals surface area contributed by atoms with Crippen LogP contribution in [0.25, 0.3) is 0 Å². The Bertz CT molecular complexity index is 1080. The molecule has 3 rings (SSSR count). The lowest BCUT2D eigenvalue weighted by molar-refractivity contribution is 0.956. The smallest absolute Gasteiger partial charge is 0.229 e. The number of aryl methyl sites for hydroxylation is 3. The van der Waals surface area contributed by atoms with E-state index in [1.165, 1.54) is 5.56 Å². The van der Waals surface area contributed by atoms with Crippen LogP contribution >= 0.6 is 23.8 Å². The molecule has 0 unspecified atom stereocenters. The molecule has 166 valence electrons. The van der Waals surface area contributed by atoms with E-state index in [0.717, 1.165) is 40.5 Å². The molecule has 0 saturated carbocycles. The van der Waals surface area contributed by atoms with Crippen molar-refractivity contribution in [3.05, 3.63) is 82.1 Å². The number of guanidine groups is 1. The van der Waals surface area contributed by atoms with Crippen molar-refractivity contribution in [3.8, 4) is 0 Å². The minimum atomic E-state index is 0.438. The Balaban J connectivity index is 1.73. The van der Waals surface area contributed by atoms with Gasteiger partial charge in [0.15, 0.2) is 5.11 Å². The van der Waals surface area contributed by atoms with Crippen molar-refractivity contribution in [2.75, 3.05) is 17.2 Å². The zero-order valence-electron chi connectivity index (χ0n) is 18.4. The van der Waals surface area contributed by atoms with E-state index in [1.807, 2.05) is 62.4 Å². The van der Waals surface area contributed by atoms with Crippen LogP contribution in [-0.2, 0) is 12.8 Å². The third-order valence-corrected chi connectivity index (χ3v) is 5.13. The monoisotopic (exact) mass is 466 g/mol. The van der Waals surface area contributed by atoms with Gasteiger partial charge in [-0.15, -0.1) is 0 Å². The van der Waals surface area contributed by atoms with Crippen molar-refractivity contribution in [1.29, 1.82) is 0 Å². The molecule has 0 aliphatic heterocycles. The summed E-state index contributed by atoms with van der Waals surface area (Å²) in [6, 6.07) is 17.8. The van der Waals surface area contributed by atoms with E-state index in [-0.39, 0.29) is 0 Å². The molecule has 0 fully saturated rings. The highest BCUT2D eigenvalue weighted by Crippen LogP contribution is 2.15. The molecule has 6 nitrogen and oxygen atoms in total. The summed E-state index contributed by atoms with van der Waals surface area (Å²) in [6.07, 6.45) is 1.67. The molecule has 8 heteroatoms. The van der Waals surface area contributed by atoms with Gasteiger partial charge in [0.25, 0.3) is 0 Å². The van der Waals surface area contributed by atoms with E-state index < -0.39 is 0 Å². The number of aromatic nitrogens is 2. The summed E-state index contributed by atoms with van der Waals surface area (Å²) in [4.78, 5) is 13.6. The number of aliphatic imine (C=N–C) groups is 1. The van der Waals surface area contributed by atoms with Crippen molar-refractivity contribution in [1.82, 2.24) is 15.3 Å². The van der Waals surface area contributed by atoms with Gasteiger partial charge in [-0.2, -0.15) is 0 Å². The standard InChI is InChI=1S/C24H27ClN6S/c1-4-19-7-5-6-8-21(19)29-24(32)31-22(30-23-27-16(2)15-17(3)28-23)26-14-13-18-9-11-20(25)12-10-18/h5-12,15H,4,13-14H2,1-3H3,(H3,26,27,28,29,30,31,32). The van der Waals surface area contributed by atoms with Crippen molar-refractivity contribution >= 4 is 46.5 Å². The Hall–Kier alpha value is -3.03. The second kappa shape index (κ2) is 11.5. The predicted molar refractivity (Wildman–Crippen MR) is 138 cm³/mol. The molecule has 1 aromatic heterocycles. The van der Waals surface area contributed by atoms with Gasteiger partial charge in [-0.3, -0.25) is 10.3 Å². The third-order valence-electron chi connectivity index (χ3n) is 4.67. The second-order valence-corrected chi connectivity index (χ2v) is 8.14. The maximum absolute atomic E-state index is 5.97. The lowest BCUT2D eigenvalue weighted by atomic mass is 10.1. The first kappa shape index (κ1) is 23.6. The first-order chi connectivity index (χ1) is 15.4. The minimum Gasteiger partial charge on any atom is -0.332 e. The number of nitrogens with one attached hydrogen (secondary N) is 3. The molecule has 0 atom stereocenters. The summed E-state index contributed by atoms with van der Waals surface area (Å²) < 4.78 is 0. The number of rotatable bonds is 6. The molecule has 0 spiro atoms. The van der Waals surface area contributed by atoms with Gasteiger partial charge in [-0.25, -0.2) is 9.97 Å². The van der Waals surface area contributed by atoms with Crippen LogP contribution in [0.5, 0.6) is 0 Å². The van der Waals surface area contributed by atoms with Crippen molar-refractivity contribution < 1.29 is 0 Å². The Kier molecular flexibility index (Phi) is 8.53. The molecular weight excluding hydrogens is 440 g/mol. The van der Waals surface area contributed by atoms with E-state index in [4.69, 9.17) is 23.8 Å². The van der Waals surface area contributed by atoms with E-state index in [1.54, 1.807) is 0 Å². The summed E-state index contributed by atoms with van der Waals surface area (Å²) >= 11 is 11.5. The average molecular weight is 467 g/mol. The zero-order chi connectivity index (χ0) is 22.9. The number of halogens is 1. The number of thiocarbonyl (C=S) groups is 1. The highest BCUT2D eigenvalue weighted by atomic mass is 35.5. The largest absolute Gasteiger partial charge is 0.332 e. The van der Waals surface area contributed by atoms with Crippen molar-refractivity contribution in [2.24, 2.45) is 4.99 Å². The first-order valence-corrected chi connectivity index (χ1v) is 11.3. The first-order valence-electron chi connectivity index (χ1n) is 10.5. The molecule has 0 amide bonds. The fourth-order valence-electron chi connectivity index (χ4n) is 3.16. The van der Waals surface area contributed by atoms with E-state index in [0.29, 0.717) is 23.6 Å². The fourth-order valence-corrected chi connectivity index (χ4v) is 3.49. The topological polar surface area (TPSA) is 74.2 Å². The quantitative estimate of drug-likeness (QED) is 0.260. The number of hydrogen-bond donors (Lipinski definition) is 3. The predicted octanol–water partition coefficient (Wildman–Crippen LogP) is 5.31. The molecule has 32 heavy (non-hydrogen) atoms. The molecule has 2 aromatic carbocycles. The Labute approximate surface area is 199 Å². The summed E-state index contributed by atoms with van der Waals surface area (Å²) in [5.74, 6) is 0.951. The summed E-state index contributed by atoms with van der Waals surface area (Å²) in [6.45, 7) is 6.52. The molecule has 0 aliphatic rings. The van der Waals surface area contributed by atoms with Crippen LogP contribution in [0.15, 0.2) is 59.6 Å². The maximum atomic E-state index is 5.97. The number of nitrogens with zero attached hydrogens (tertiary/aromatic N) is 3. The van der Waals surface area contributed by atoms with Gasteiger partial charge < -0.3 is 10.6 Å². The van der Waals surface area contributed by atoms with Gasteiger partial charge >= 0.3 is 0 Å². The second-order valence-electron chi connectivity index (χ2n) is 7.30. The summed E-state index contributed by atoms with van der Waals surface area (Å²) in [5.41, 5.74) is 5.05. The fraction of sp³-hybridized carbons (Fsp3) is 0.250. The number of anilines is 2. The molecule has 0 radical (unpaired) electrons. The van der Waals surface area contributed by atoms with Crippen LogP contribution in [0.3, 0.4) is 0 Å². The van der Waals surface area contributed by atoms with E-state index in [2.05, 4.69) is 43.9 Å². The highest BCUT2D eigenvalue weighted by molar-refractivity contribution is 7.80.